The van der Waals surface area contributed by atoms with E-state index in [1.807, 2.05) is 0 Å². The van der Waals surface area contributed by atoms with Crippen LogP contribution in [-0.4, -0.2) is 29.0 Å². The maximum atomic E-state index is 12.5. The van der Waals surface area contributed by atoms with Crippen molar-refractivity contribution < 1.29 is 13.9 Å². The second kappa shape index (κ2) is 4.55. The Kier molecular flexibility index (Phi) is 3.30. The Morgan fingerprint density at radius 2 is 2.25 bits per heavy atom. The smallest absolute Gasteiger partial charge is 0.253 e. The van der Waals surface area contributed by atoms with Crippen LogP contribution in [0.25, 0.3) is 0 Å². The average molecular weight is 248 g/mol. The zero-order valence-corrected chi connectivity index (χ0v) is 9.29. The van der Waals surface area contributed by atoms with Crippen LogP contribution in [0.1, 0.15) is 12.0 Å². The fourth-order valence-corrected chi connectivity index (χ4v) is 2.02. The number of phenolic OH excluding ortho intramolecular Hbond substituents is 1. The molecular weight excluding hydrogens is 236 g/mol. The first kappa shape index (κ1) is 11.6. The first-order valence-electron chi connectivity index (χ1n) is 5.07. The maximum absolute atomic E-state index is 12.5. The van der Waals surface area contributed by atoms with Crippen LogP contribution in [0.5, 0.6) is 5.75 Å². The van der Waals surface area contributed by atoms with E-state index in [2.05, 4.69) is 0 Å². The van der Waals surface area contributed by atoms with E-state index in [0.717, 1.165) is 0 Å². The summed E-state index contributed by atoms with van der Waals surface area (Å²) in [6.07, 6.45) is -1.79. The molecule has 16 heavy (non-hydrogen) atoms. The van der Waals surface area contributed by atoms with Gasteiger partial charge in [-0.25, -0.2) is 8.78 Å². The van der Waals surface area contributed by atoms with Crippen LogP contribution in [0.15, 0.2) is 18.2 Å². The highest BCUT2D eigenvalue weighted by atomic mass is 35.5. The summed E-state index contributed by atoms with van der Waals surface area (Å²) in [6.45, 7) is 1.02. The summed E-state index contributed by atoms with van der Waals surface area (Å²) in [5.41, 5.74) is 0.687. The summed E-state index contributed by atoms with van der Waals surface area (Å²) in [6, 6.07) is 3.90. The molecule has 2 nitrogen and oxygen atoms in total. The van der Waals surface area contributed by atoms with Gasteiger partial charge in [0.25, 0.3) is 6.43 Å². The van der Waals surface area contributed by atoms with Crippen molar-refractivity contribution in [2.24, 2.45) is 0 Å². The summed E-state index contributed by atoms with van der Waals surface area (Å²) >= 11 is 5.92. The van der Waals surface area contributed by atoms with E-state index in [-0.39, 0.29) is 5.75 Å². The van der Waals surface area contributed by atoms with Gasteiger partial charge < -0.3 is 5.11 Å². The molecule has 1 aromatic carbocycles. The van der Waals surface area contributed by atoms with Gasteiger partial charge in [0.15, 0.2) is 0 Å². The lowest BCUT2D eigenvalue weighted by molar-refractivity contribution is -0.0388. The first-order valence-corrected chi connectivity index (χ1v) is 5.45. The Morgan fingerprint density at radius 3 is 2.81 bits per heavy atom. The van der Waals surface area contributed by atoms with Crippen molar-refractivity contribution in [2.75, 3.05) is 6.54 Å². The molecule has 0 bridgehead atoms. The monoisotopic (exact) mass is 247 g/mol. The SMILES string of the molecule is Oc1ccc(Cl)c(CN2CCC2C(F)F)c1. The van der Waals surface area contributed by atoms with E-state index in [9.17, 15) is 13.9 Å². The summed E-state index contributed by atoms with van der Waals surface area (Å²) < 4.78 is 25.0. The Morgan fingerprint density at radius 1 is 1.50 bits per heavy atom. The molecule has 1 aliphatic heterocycles. The van der Waals surface area contributed by atoms with Gasteiger partial charge in [0.1, 0.15) is 5.75 Å². The molecule has 1 saturated heterocycles. The number of benzene rings is 1. The molecular formula is C11H12ClF2NO. The van der Waals surface area contributed by atoms with Gasteiger partial charge >= 0.3 is 0 Å². The van der Waals surface area contributed by atoms with Gasteiger partial charge in [0.2, 0.25) is 0 Å². The van der Waals surface area contributed by atoms with Crippen molar-refractivity contribution in [2.45, 2.75) is 25.4 Å². The number of likely N-dealkylation sites (tertiary alicyclic amines) is 1. The molecule has 1 aromatic rings. The van der Waals surface area contributed by atoms with Gasteiger partial charge in [-0.15, -0.1) is 0 Å². The molecule has 0 radical (unpaired) electrons. The van der Waals surface area contributed by atoms with E-state index >= 15 is 0 Å². The van der Waals surface area contributed by atoms with Gasteiger partial charge in [-0.2, -0.15) is 0 Å². The lowest BCUT2D eigenvalue weighted by atomic mass is 10.0. The second-order valence-electron chi connectivity index (χ2n) is 3.94. The van der Waals surface area contributed by atoms with E-state index in [1.165, 1.54) is 12.1 Å². The molecule has 0 spiro atoms. The van der Waals surface area contributed by atoms with Gasteiger partial charge in [-0.1, -0.05) is 11.6 Å². The largest absolute Gasteiger partial charge is 0.508 e. The quantitative estimate of drug-likeness (QED) is 0.888. The van der Waals surface area contributed by atoms with Gasteiger partial charge in [0, 0.05) is 18.1 Å². The molecule has 0 aliphatic carbocycles. The second-order valence-corrected chi connectivity index (χ2v) is 4.34. The van der Waals surface area contributed by atoms with E-state index in [0.29, 0.717) is 30.1 Å². The predicted octanol–water partition coefficient (Wildman–Crippen LogP) is 2.89. The van der Waals surface area contributed by atoms with Crippen LogP contribution in [0.4, 0.5) is 8.78 Å². The third-order valence-electron chi connectivity index (χ3n) is 2.87. The van der Waals surface area contributed by atoms with Crippen molar-refractivity contribution in [3.8, 4) is 5.75 Å². The summed E-state index contributed by atoms with van der Waals surface area (Å²) in [5, 5.41) is 9.79. The molecule has 1 fully saturated rings. The third-order valence-corrected chi connectivity index (χ3v) is 3.24. The Balaban J connectivity index is 2.06. The number of hydrogen-bond donors (Lipinski definition) is 1. The number of hydrogen-bond acceptors (Lipinski definition) is 2. The normalized spacial score (nSPS) is 21.1. The van der Waals surface area contributed by atoms with Crippen LogP contribution in [0.3, 0.4) is 0 Å². The lowest BCUT2D eigenvalue weighted by Gasteiger charge is -2.40. The number of alkyl halides is 2. The molecule has 0 aromatic heterocycles. The van der Waals surface area contributed by atoms with Crippen LogP contribution < -0.4 is 0 Å². The minimum Gasteiger partial charge on any atom is -0.508 e. The molecule has 0 saturated carbocycles. The van der Waals surface area contributed by atoms with Crippen molar-refractivity contribution >= 4 is 11.6 Å². The van der Waals surface area contributed by atoms with Crippen LogP contribution in [0.2, 0.25) is 5.02 Å². The Hall–Kier alpha value is -0.870. The van der Waals surface area contributed by atoms with Crippen LogP contribution >= 0.6 is 11.6 Å². The molecule has 1 N–H and O–H groups in total. The fraction of sp³-hybridized carbons (Fsp3) is 0.455. The number of phenols is 1. The zero-order valence-electron chi connectivity index (χ0n) is 8.54. The Labute approximate surface area is 97.4 Å². The van der Waals surface area contributed by atoms with E-state index in [4.69, 9.17) is 11.6 Å². The molecule has 0 amide bonds. The van der Waals surface area contributed by atoms with Crippen LogP contribution in [0, 0.1) is 0 Å². The minimum atomic E-state index is -2.31. The highest BCUT2D eigenvalue weighted by molar-refractivity contribution is 6.31. The number of aromatic hydroxyl groups is 1. The summed E-state index contributed by atoms with van der Waals surface area (Å²) in [7, 11) is 0. The highest BCUT2D eigenvalue weighted by Gasteiger charge is 2.35. The highest BCUT2D eigenvalue weighted by Crippen LogP contribution is 2.29. The fourth-order valence-electron chi connectivity index (χ4n) is 1.84. The number of rotatable bonds is 3. The molecule has 1 aliphatic rings. The average Bonchev–Trinajstić information content (AvgIpc) is 2.16. The topological polar surface area (TPSA) is 23.5 Å². The van der Waals surface area contributed by atoms with E-state index in [1.54, 1.807) is 11.0 Å². The molecule has 1 atom stereocenters. The van der Waals surface area contributed by atoms with Crippen molar-refractivity contribution in [3.63, 3.8) is 0 Å². The Bertz CT molecular complexity index is 386. The zero-order chi connectivity index (χ0) is 11.7. The summed E-state index contributed by atoms with van der Waals surface area (Å²) in [4.78, 5) is 1.67. The minimum absolute atomic E-state index is 0.105. The van der Waals surface area contributed by atoms with Crippen molar-refractivity contribution in [1.82, 2.24) is 4.90 Å². The third kappa shape index (κ3) is 2.28. The van der Waals surface area contributed by atoms with Crippen LogP contribution in [-0.2, 0) is 6.54 Å². The summed E-state index contributed by atoms with van der Waals surface area (Å²) in [5.74, 6) is 0.105. The van der Waals surface area contributed by atoms with E-state index < -0.39 is 12.5 Å². The molecule has 1 unspecified atom stereocenters. The number of halogens is 3. The maximum Gasteiger partial charge on any atom is 0.253 e. The standard InChI is InChI=1S/C11H12ClF2NO/c12-9-2-1-8(16)5-7(9)6-15-4-3-10(15)11(13)14/h1-2,5,10-11,16H,3-4,6H2. The van der Waals surface area contributed by atoms with Crippen molar-refractivity contribution in [1.29, 1.82) is 0 Å². The van der Waals surface area contributed by atoms with Gasteiger partial charge in [0.05, 0.1) is 6.04 Å². The molecule has 1 heterocycles. The molecule has 88 valence electrons. The predicted molar refractivity (Wildman–Crippen MR) is 57.9 cm³/mol. The lowest BCUT2D eigenvalue weighted by Crippen LogP contribution is -2.51. The van der Waals surface area contributed by atoms with Crippen molar-refractivity contribution in [3.05, 3.63) is 28.8 Å². The van der Waals surface area contributed by atoms with Gasteiger partial charge in [-0.05, 0) is 30.2 Å². The molecule has 5 heteroatoms. The number of nitrogens with zero attached hydrogens (tertiary/aromatic N) is 1. The first-order chi connectivity index (χ1) is 7.58. The van der Waals surface area contributed by atoms with Gasteiger partial charge in [-0.3, -0.25) is 4.90 Å². The molecule has 2 rings (SSSR count).